The van der Waals surface area contributed by atoms with Gasteiger partial charge in [0.05, 0.1) is 6.61 Å². The molecule has 0 spiro atoms. The van der Waals surface area contributed by atoms with E-state index in [1.54, 1.807) is 0 Å². The average molecular weight is 234 g/mol. The molecule has 1 heterocycles. The van der Waals surface area contributed by atoms with Crippen molar-refractivity contribution in [2.24, 2.45) is 5.92 Å². The van der Waals surface area contributed by atoms with Gasteiger partial charge in [-0.1, -0.05) is 30.3 Å². The van der Waals surface area contributed by atoms with Gasteiger partial charge in [-0.25, -0.2) is 4.79 Å². The Morgan fingerprint density at radius 3 is 2.82 bits per heavy atom. The molecule has 17 heavy (non-hydrogen) atoms. The summed E-state index contributed by atoms with van der Waals surface area (Å²) in [6.07, 6.45) is 1.04. The van der Waals surface area contributed by atoms with E-state index < -0.39 is 0 Å². The molecule has 1 aliphatic rings. The van der Waals surface area contributed by atoms with Crippen LogP contribution in [-0.4, -0.2) is 25.8 Å². The van der Waals surface area contributed by atoms with Gasteiger partial charge in [0.15, 0.2) is 0 Å². The second-order valence-electron chi connectivity index (χ2n) is 4.28. The topological polar surface area (TPSA) is 50.4 Å². The van der Waals surface area contributed by atoms with Crippen LogP contribution in [0.25, 0.3) is 0 Å². The monoisotopic (exact) mass is 234 g/mol. The molecular formula is C13H18N2O2. The van der Waals surface area contributed by atoms with E-state index in [2.05, 4.69) is 10.6 Å². The van der Waals surface area contributed by atoms with E-state index >= 15 is 0 Å². The maximum atomic E-state index is 11.5. The van der Waals surface area contributed by atoms with Gasteiger partial charge in [0.2, 0.25) is 0 Å². The molecule has 0 aromatic heterocycles. The van der Waals surface area contributed by atoms with Crippen LogP contribution in [-0.2, 0) is 11.3 Å². The predicted molar refractivity (Wildman–Crippen MR) is 65.6 cm³/mol. The number of ether oxygens (including phenoxy) is 1. The third-order valence-corrected chi connectivity index (χ3v) is 2.87. The van der Waals surface area contributed by atoms with E-state index in [0.29, 0.717) is 19.0 Å². The molecule has 2 N–H and O–H groups in total. The van der Waals surface area contributed by atoms with Crippen molar-refractivity contribution >= 4 is 6.03 Å². The fourth-order valence-electron chi connectivity index (χ4n) is 1.82. The minimum absolute atomic E-state index is 0.110. The van der Waals surface area contributed by atoms with Gasteiger partial charge in [-0.3, -0.25) is 0 Å². The number of carbonyl (C=O) groups excluding carboxylic acids is 1. The van der Waals surface area contributed by atoms with Crippen molar-refractivity contribution in [1.82, 2.24) is 10.6 Å². The Hall–Kier alpha value is -1.55. The standard InChI is InChI=1S/C13H18N2O2/c16-13(15-9-12-6-7-17-10-12)14-8-11-4-2-1-3-5-11/h1-5,12H,6-10H2,(H2,14,15,16). The lowest BCUT2D eigenvalue weighted by molar-refractivity contribution is 0.185. The number of nitrogens with one attached hydrogen (secondary N) is 2. The van der Waals surface area contributed by atoms with Gasteiger partial charge in [0.25, 0.3) is 0 Å². The normalized spacial score (nSPS) is 18.9. The van der Waals surface area contributed by atoms with Gasteiger partial charge in [-0.05, 0) is 12.0 Å². The smallest absolute Gasteiger partial charge is 0.315 e. The van der Waals surface area contributed by atoms with E-state index in [9.17, 15) is 4.79 Å². The van der Waals surface area contributed by atoms with Crippen molar-refractivity contribution < 1.29 is 9.53 Å². The summed E-state index contributed by atoms with van der Waals surface area (Å²) in [4.78, 5) is 11.5. The van der Waals surface area contributed by atoms with E-state index in [-0.39, 0.29) is 6.03 Å². The van der Waals surface area contributed by atoms with Crippen LogP contribution in [0.5, 0.6) is 0 Å². The van der Waals surface area contributed by atoms with E-state index in [1.807, 2.05) is 30.3 Å². The summed E-state index contributed by atoms with van der Waals surface area (Å²) in [7, 11) is 0. The van der Waals surface area contributed by atoms with Crippen molar-refractivity contribution in [1.29, 1.82) is 0 Å². The minimum Gasteiger partial charge on any atom is -0.381 e. The van der Waals surface area contributed by atoms with Crippen LogP contribution in [0.4, 0.5) is 4.79 Å². The molecule has 1 aromatic rings. The molecule has 4 heteroatoms. The lowest BCUT2D eigenvalue weighted by Crippen LogP contribution is -2.38. The summed E-state index contributed by atoms with van der Waals surface area (Å²) in [6, 6.07) is 9.76. The van der Waals surface area contributed by atoms with Crippen molar-refractivity contribution in [3.05, 3.63) is 35.9 Å². The Labute approximate surface area is 101 Å². The lowest BCUT2D eigenvalue weighted by atomic mass is 10.1. The first-order valence-electron chi connectivity index (χ1n) is 5.98. The number of hydrogen-bond acceptors (Lipinski definition) is 2. The largest absolute Gasteiger partial charge is 0.381 e. The van der Waals surface area contributed by atoms with Gasteiger partial charge in [-0.15, -0.1) is 0 Å². The molecule has 1 unspecified atom stereocenters. The van der Waals surface area contributed by atoms with Crippen LogP contribution in [0.2, 0.25) is 0 Å². The summed E-state index contributed by atoms with van der Waals surface area (Å²) < 4.78 is 5.25. The van der Waals surface area contributed by atoms with Crippen LogP contribution >= 0.6 is 0 Å². The first-order chi connectivity index (χ1) is 8.34. The van der Waals surface area contributed by atoms with Gasteiger partial charge in [0, 0.05) is 25.6 Å². The number of benzene rings is 1. The second-order valence-corrected chi connectivity index (χ2v) is 4.28. The molecule has 1 fully saturated rings. The second kappa shape index (κ2) is 6.25. The molecule has 0 bridgehead atoms. The Kier molecular flexibility index (Phi) is 4.38. The van der Waals surface area contributed by atoms with Gasteiger partial charge in [-0.2, -0.15) is 0 Å². The highest BCUT2D eigenvalue weighted by atomic mass is 16.5. The van der Waals surface area contributed by atoms with Gasteiger partial charge >= 0.3 is 6.03 Å². The molecule has 1 aromatic carbocycles. The molecule has 0 radical (unpaired) electrons. The number of hydrogen-bond donors (Lipinski definition) is 2. The van der Waals surface area contributed by atoms with Crippen molar-refractivity contribution in [3.63, 3.8) is 0 Å². The number of amides is 2. The zero-order valence-electron chi connectivity index (χ0n) is 9.82. The maximum Gasteiger partial charge on any atom is 0.315 e. The molecule has 92 valence electrons. The van der Waals surface area contributed by atoms with Crippen molar-refractivity contribution in [3.8, 4) is 0 Å². The first-order valence-corrected chi connectivity index (χ1v) is 5.98. The molecule has 1 saturated heterocycles. The number of urea groups is 1. The Bertz CT molecular complexity index is 348. The fourth-order valence-corrected chi connectivity index (χ4v) is 1.82. The lowest BCUT2D eigenvalue weighted by Gasteiger charge is -2.10. The highest BCUT2D eigenvalue weighted by Gasteiger charge is 2.15. The van der Waals surface area contributed by atoms with Crippen LogP contribution in [0.15, 0.2) is 30.3 Å². The molecular weight excluding hydrogens is 216 g/mol. The third-order valence-electron chi connectivity index (χ3n) is 2.87. The fraction of sp³-hybridized carbons (Fsp3) is 0.462. The van der Waals surface area contributed by atoms with Crippen LogP contribution in [0.3, 0.4) is 0 Å². The summed E-state index contributed by atoms with van der Waals surface area (Å²) >= 11 is 0. The molecule has 2 amide bonds. The average Bonchev–Trinajstić information content (AvgIpc) is 2.88. The third kappa shape index (κ3) is 4.07. The van der Waals surface area contributed by atoms with Crippen molar-refractivity contribution in [2.45, 2.75) is 13.0 Å². The quantitative estimate of drug-likeness (QED) is 0.830. The SMILES string of the molecule is O=C(NCc1ccccc1)NCC1CCOC1. The Balaban J connectivity index is 1.64. The van der Waals surface area contributed by atoms with E-state index in [0.717, 1.165) is 25.2 Å². The van der Waals surface area contributed by atoms with Crippen LogP contribution in [0.1, 0.15) is 12.0 Å². The summed E-state index contributed by atoms with van der Waals surface area (Å²) in [5.74, 6) is 0.470. The van der Waals surface area contributed by atoms with Gasteiger partial charge in [0.1, 0.15) is 0 Å². The molecule has 4 nitrogen and oxygen atoms in total. The van der Waals surface area contributed by atoms with Crippen LogP contribution in [0, 0.1) is 5.92 Å². The Morgan fingerprint density at radius 1 is 1.29 bits per heavy atom. The molecule has 1 atom stereocenters. The number of carbonyl (C=O) groups is 1. The Morgan fingerprint density at radius 2 is 2.12 bits per heavy atom. The highest BCUT2D eigenvalue weighted by Crippen LogP contribution is 2.10. The highest BCUT2D eigenvalue weighted by molar-refractivity contribution is 5.73. The first kappa shape index (κ1) is 11.9. The zero-order valence-corrected chi connectivity index (χ0v) is 9.82. The summed E-state index contributed by atoms with van der Waals surface area (Å²) in [6.45, 7) is 2.84. The molecule has 1 aliphatic heterocycles. The zero-order chi connectivity index (χ0) is 11.9. The molecule has 0 saturated carbocycles. The summed E-state index contributed by atoms with van der Waals surface area (Å²) in [5.41, 5.74) is 1.10. The predicted octanol–water partition coefficient (Wildman–Crippen LogP) is 1.52. The molecule has 0 aliphatic carbocycles. The van der Waals surface area contributed by atoms with E-state index in [4.69, 9.17) is 4.74 Å². The van der Waals surface area contributed by atoms with Crippen LogP contribution < -0.4 is 10.6 Å². The number of rotatable bonds is 4. The summed E-state index contributed by atoms with van der Waals surface area (Å²) in [5, 5.41) is 5.70. The maximum absolute atomic E-state index is 11.5. The van der Waals surface area contributed by atoms with Crippen molar-refractivity contribution in [2.75, 3.05) is 19.8 Å². The van der Waals surface area contributed by atoms with E-state index in [1.165, 1.54) is 0 Å². The minimum atomic E-state index is -0.110. The molecule has 2 rings (SSSR count). The van der Waals surface area contributed by atoms with Gasteiger partial charge < -0.3 is 15.4 Å².